The maximum atomic E-state index is 6.41. The van der Waals surface area contributed by atoms with E-state index in [4.69, 9.17) is 25.7 Å². The minimum Gasteiger partial charge on any atom is -0.382 e. The molecule has 9 heteroatoms. The number of hydrogen-bond donors (Lipinski definition) is 2. The predicted octanol–water partition coefficient (Wildman–Crippen LogP) is 0.175. The first-order chi connectivity index (χ1) is 11.5. The quantitative estimate of drug-likeness (QED) is 0.798. The van der Waals surface area contributed by atoms with E-state index in [-0.39, 0.29) is 30.0 Å². The summed E-state index contributed by atoms with van der Waals surface area (Å²) in [6, 6.07) is 0. The number of nitrogens with two attached hydrogens (primary N) is 2. The number of nitrogen functional groups attached to an aromatic ring is 1. The van der Waals surface area contributed by atoms with Crippen LogP contribution in [0.4, 0.5) is 5.82 Å². The van der Waals surface area contributed by atoms with Crippen molar-refractivity contribution < 1.29 is 14.2 Å². The van der Waals surface area contributed by atoms with Crippen LogP contribution in [-0.2, 0) is 14.2 Å². The first-order valence-corrected chi connectivity index (χ1v) is 8.12. The summed E-state index contributed by atoms with van der Waals surface area (Å²) in [6.07, 6.45) is 3.20. The summed E-state index contributed by atoms with van der Waals surface area (Å²) in [5.74, 6) is -0.0311. The molecule has 1 spiro atoms. The molecule has 2 aromatic heterocycles. The predicted molar refractivity (Wildman–Crippen MR) is 83.6 cm³/mol. The Balaban J connectivity index is 1.59. The van der Waals surface area contributed by atoms with E-state index >= 15 is 0 Å². The first-order valence-electron chi connectivity index (χ1n) is 8.12. The number of fused-ring (bicyclic) bond motifs is 3. The standard InChI is InChI=1S/C15H20N6O3/c1-14(2)22-9-10(23-14)15(3-7(15)4-16)24-13(9)21-6-20-8-11(17)18-5-19-12(8)21/h5-7,9-10,13H,3-4,16H2,1-2H3,(H2,17,18,19)/t7?,9?,10?,13-,15+/m1/s1. The molecule has 3 aliphatic rings. The smallest absolute Gasteiger partial charge is 0.167 e. The molecule has 5 atom stereocenters. The van der Waals surface area contributed by atoms with E-state index in [0.29, 0.717) is 23.5 Å². The topological polar surface area (TPSA) is 123 Å². The van der Waals surface area contributed by atoms with Crippen LogP contribution in [-0.4, -0.2) is 49.7 Å². The van der Waals surface area contributed by atoms with Crippen molar-refractivity contribution in [3.63, 3.8) is 0 Å². The van der Waals surface area contributed by atoms with Gasteiger partial charge in [-0.3, -0.25) is 4.57 Å². The van der Waals surface area contributed by atoms with Gasteiger partial charge in [-0.2, -0.15) is 0 Å². The zero-order valence-electron chi connectivity index (χ0n) is 13.5. The zero-order chi connectivity index (χ0) is 16.7. The molecule has 128 valence electrons. The van der Waals surface area contributed by atoms with Crippen LogP contribution in [0.1, 0.15) is 26.5 Å². The van der Waals surface area contributed by atoms with E-state index in [1.54, 1.807) is 6.33 Å². The fraction of sp³-hybridized carbons (Fsp3) is 0.667. The normalized spacial score (nSPS) is 39.6. The maximum absolute atomic E-state index is 6.41. The molecule has 0 aromatic carbocycles. The van der Waals surface area contributed by atoms with E-state index in [2.05, 4.69) is 15.0 Å². The first kappa shape index (κ1) is 14.5. The van der Waals surface area contributed by atoms with Gasteiger partial charge in [-0.15, -0.1) is 0 Å². The van der Waals surface area contributed by atoms with E-state index in [0.717, 1.165) is 6.42 Å². The summed E-state index contributed by atoms with van der Waals surface area (Å²) in [5, 5.41) is 0. The Morgan fingerprint density at radius 2 is 2.08 bits per heavy atom. The molecule has 1 saturated carbocycles. The van der Waals surface area contributed by atoms with Crippen LogP contribution in [0.5, 0.6) is 0 Å². The number of rotatable bonds is 2. The van der Waals surface area contributed by atoms with E-state index in [1.807, 2.05) is 18.4 Å². The zero-order valence-corrected chi connectivity index (χ0v) is 13.5. The monoisotopic (exact) mass is 332 g/mol. The highest BCUT2D eigenvalue weighted by atomic mass is 16.8. The lowest BCUT2D eigenvalue weighted by molar-refractivity contribution is -0.203. The van der Waals surface area contributed by atoms with Gasteiger partial charge < -0.3 is 25.7 Å². The number of nitrogens with zero attached hydrogens (tertiary/aromatic N) is 4. The van der Waals surface area contributed by atoms with Crippen molar-refractivity contribution in [2.75, 3.05) is 12.3 Å². The molecule has 3 fully saturated rings. The molecule has 4 N–H and O–H groups in total. The molecular formula is C15H20N6O3. The van der Waals surface area contributed by atoms with Crippen molar-refractivity contribution in [2.45, 2.75) is 50.1 Å². The van der Waals surface area contributed by atoms with E-state index < -0.39 is 5.79 Å². The number of hydrogen-bond acceptors (Lipinski definition) is 8. The molecule has 24 heavy (non-hydrogen) atoms. The second kappa shape index (κ2) is 4.42. The fourth-order valence-corrected chi connectivity index (χ4v) is 4.11. The Hall–Kier alpha value is -1.81. The van der Waals surface area contributed by atoms with Crippen molar-refractivity contribution in [3.8, 4) is 0 Å². The second-order valence-corrected chi connectivity index (χ2v) is 7.20. The van der Waals surface area contributed by atoms with Gasteiger partial charge in [0.15, 0.2) is 23.5 Å². The van der Waals surface area contributed by atoms with Crippen molar-refractivity contribution in [1.29, 1.82) is 0 Å². The van der Waals surface area contributed by atoms with Crippen molar-refractivity contribution in [1.82, 2.24) is 19.5 Å². The number of anilines is 1. The van der Waals surface area contributed by atoms with Crippen molar-refractivity contribution in [2.24, 2.45) is 11.7 Å². The minimum absolute atomic E-state index is 0.150. The van der Waals surface area contributed by atoms with Crippen LogP contribution in [0.25, 0.3) is 11.2 Å². The number of ether oxygens (including phenoxy) is 3. The Labute approximate surface area is 138 Å². The fourth-order valence-electron chi connectivity index (χ4n) is 4.11. The van der Waals surface area contributed by atoms with Crippen LogP contribution in [0.2, 0.25) is 0 Å². The van der Waals surface area contributed by atoms with Crippen molar-refractivity contribution in [3.05, 3.63) is 12.7 Å². The lowest BCUT2D eigenvalue weighted by atomic mass is 10.1. The Bertz CT molecular complexity index is 823. The summed E-state index contributed by atoms with van der Waals surface area (Å²) >= 11 is 0. The van der Waals surface area contributed by atoms with Gasteiger partial charge in [0.25, 0.3) is 0 Å². The van der Waals surface area contributed by atoms with Gasteiger partial charge >= 0.3 is 0 Å². The molecule has 0 bridgehead atoms. The van der Waals surface area contributed by atoms with Gasteiger partial charge in [0, 0.05) is 5.92 Å². The average Bonchev–Trinajstić information content (AvgIpc) is 2.78. The van der Waals surface area contributed by atoms with Crippen LogP contribution >= 0.6 is 0 Å². The summed E-state index contributed by atoms with van der Waals surface area (Å²) in [4.78, 5) is 12.6. The molecule has 9 nitrogen and oxygen atoms in total. The van der Waals surface area contributed by atoms with Gasteiger partial charge in [0.05, 0.1) is 6.33 Å². The third-order valence-corrected chi connectivity index (χ3v) is 5.27. The van der Waals surface area contributed by atoms with Gasteiger partial charge in [-0.05, 0) is 26.8 Å². The molecular weight excluding hydrogens is 312 g/mol. The molecule has 3 unspecified atom stereocenters. The van der Waals surface area contributed by atoms with Crippen LogP contribution in [0, 0.1) is 5.92 Å². The highest BCUT2D eigenvalue weighted by Gasteiger charge is 2.73. The molecule has 0 amide bonds. The van der Waals surface area contributed by atoms with Gasteiger partial charge in [-0.25, -0.2) is 15.0 Å². The molecule has 5 rings (SSSR count). The molecule has 1 aliphatic carbocycles. The third kappa shape index (κ3) is 1.75. The SMILES string of the molecule is CC1(C)OC2C(O1)[C@@]1(CC1CN)O[C@H]2n1cnc2c(N)ncnc21. The van der Waals surface area contributed by atoms with Crippen LogP contribution in [0.15, 0.2) is 12.7 Å². The Morgan fingerprint density at radius 1 is 1.25 bits per heavy atom. The van der Waals surface area contributed by atoms with E-state index in [9.17, 15) is 0 Å². The van der Waals surface area contributed by atoms with Crippen LogP contribution < -0.4 is 11.5 Å². The second-order valence-electron chi connectivity index (χ2n) is 7.20. The molecule has 2 aromatic rings. The summed E-state index contributed by atoms with van der Waals surface area (Å²) in [6.45, 7) is 4.41. The Morgan fingerprint density at radius 3 is 2.83 bits per heavy atom. The highest BCUT2D eigenvalue weighted by Crippen LogP contribution is 2.61. The largest absolute Gasteiger partial charge is 0.382 e. The van der Waals surface area contributed by atoms with Gasteiger partial charge in [0.2, 0.25) is 0 Å². The minimum atomic E-state index is -0.656. The number of aromatic nitrogens is 4. The lowest BCUT2D eigenvalue weighted by Gasteiger charge is -2.25. The van der Waals surface area contributed by atoms with Crippen molar-refractivity contribution >= 4 is 17.0 Å². The molecule has 4 heterocycles. The Kier molecular flexibility index (Phi) is 2.68. The lowest BCUT2D eigenvalue weighted by Crippen LogP contribution is -2.34. The maximum Gasteiger partial charge on any atom is 0.167 e. The molecule has 2 aliphatic heterocycles. The van der Waals surface area contributed by atoms with Crippen LogP contribution in [0.3, 0.4) is 0 Å². The average molecular weight is 332 g/mol. The third-order valence-electron chi connectivity index (χ3n) is 5.27. The summed E-state index contributed by atoms with van der Waals surface area (Å²) in [7, 11) is 0. The van der Waals surface area contributed by atoms with Gasteiger partial charge in [0.1, 0.15) is 29.7 Å². The number of imidazole rings is 1. The van der Waals surface area contributed by atoms with Gasteiger partial charge in [-0.1, -0.05) is 0 Å². The highest BCUT2D eigenvalue weighted by molar-refractivity contribution is 5.81. The molecule has 0 radical (unpaired) electrons. The van der Waals surface area contributed by atoms with E-state index in [1.165, 1.54) is 6.33 Å². The molecule has 2 saturated heterocycles. The summed E-state index contributed by atoms with van der Waals surface area (Å²) in [5.41, 5.74) is 12.6. The summed E-state index contributed by atoms with van der Waals surface area (Å²) < 4.78 is 20.6.